The largest absolute Gasteiger partial charge is 0.390 e. The lowest BCUT2D eigenvalue weighted by Gasteiger charge is -2.45. The summed E-state index contributed by atoms with van der Waals surface area (Å²) in [5.41, 5.74) is 2.55. The maximum absolute atomic E-state index is 12.1. The molecular weight excluding hydrogens is 499 g/mol. The van der Waals surface area contributed by atoms with Gasteiger partial charge in [0.1, 0.15) is 5.60 Å². The third kappa shape index (κ3) is 5.82. The molecule has 1 fully saturated rings. The van der Waals surface area contributed by atoms with Gasteiger partial charge in [-0.05, 0) is 48.9 Å². The summed E-state index contributed by atoms with van der Waals surface area (Å²) in [6.07, 6.45) is 1.62. The van der Waals surface area contributed by atoms with Gasteiger partial charge in [-0.2, -0.15) is 0 Å². The second-order valence-corrected chi connectivity index (χ2v) is 10.1. The van der Waals surface area contributed by atoms with E-state index in [2.05, 4.69) is 20.1 Å². The number of amides is 1. The van der Waals surface area contributed by atoms with Crippen molar-refractivity contribution in [1.29, 1.82) is 0 Å². The predicted octanol–water partition coefficient (Wildman–Crippen LogP) is 4.01. The zero-order valence-electron chi connectivity index (χ0n) is 20.3. The summed E-state index contributed by atoms with van der Waals surface area (Å²) in [5, 5.41) is 24.3. The van der Waals surface area contributed by atoms with Gasteiger partial charge in [0.15, 0.2) is 0 Å². The number of piperazine rings is 1. The summed E-state index contributed by atoms with van der Waals surface area (Å²) in [5.74, 6) is -0.189. The highest BCUT2D eigenvalue weighted by atomic mass is 35.5. The lowest BCUT2D eigenvalue weighted by atomic mass is 9.94. The topological polar surface area (TPSA) is 88.9 Å². The molecule has 1 aromatic heterocycles. The van der Waals surface area contributed by atoms with E-state index in [1.165, 1.54) is 0 Å². The molecule has 2 heterocycles. The fraction of sp³-hybridized carbons (Fsp3) is 0.333. The van der Waals surface area contributed by atoms with Crippen LogP contribution in [0.15, 0.2) is 60.8 Å². The molecule has 4 rings (SSSR count). The van der Waals surface area contributed by atoms with Crippen molar-refractivity contribution in [1.82, 2.24) is 15.2 Å². The fourth-order valence-corrected chi connectivity index (χ4v) is 5.05. The van der Waals surface area contributed by atoms with Gasteiger partial charge >= 0.3 is 0 Å². The number of nitrogens with one attached hydrogen (secondary N) is 1. The lowest BCUT2D eigenvalue weighted by Crippen LogP contribution is -2.52. The highest BCUT2D eigenvalue weighted by molar-refractivity contribution is 6.33. The maximum atomic E-state index is 12.1. The molecule has 1 aliphatic rings. The maximum Gasteiger partial charge on any atom is 0.251 e. The van der Waals surface area contributed by atoms with Crippen LogP contribution in [0.4, 0.5) is 5.69 Å². The summed E-state index contributed by atoms with van der Waals surface area (Å²) in [6, 6.07) is 16.6. The van der Waals surface area contributed by atoms with Crippen molar-refractivity contribution in [2.75, 3.05) is 38.1 Å². The van der Waals surface area contributed by atoms with Gasteiger partial charge < -0.3 is 20.4 Å². The van der Waals surface area contributed by atoms with E-state index in [1.54, 1.807) is 44.4 Å². The molecule has 1 saturated heterocycles. The number of benzene rings is 2. The Bertz CT molecular complexity index is 1200. The first kappa shape index (κ1) is 26.4. The number of hydrogen-bond acceptors (Lipinski definition) is 6. The normalized spacial score (nSPS) is 18.1. The Kier molecular flexibility index (Phi) is 8.17. The Balaban J connectivity index is 1.60. The molecule has 1 amide bonds. The summed E-state index contributed by atoms with van der Waals surface area (Å²) in [7, 11) is 1.59. The van der Waals surface area contributed by atoms with Crippen molar-refractivity contribution in [3.63, 3.8) is 0 Å². The van der Waals surface area contributed by atoms with E-state index in [-0.39, 0.29) is 18.6 Å². The number of carbonyl (C=O) groups excluding carboxylic acids is 1. The van der Waals surface area contributed by atoms with Crippen LogP contribution >= 0.6 is 23.2 Å². The molecule has 0 bridgehead atoms. The Labute approximate surface area is 221 Å². The Morgan fingerprint density at radius 2 is 1.89 bits per heavy atom. The number of halogens is 2. The minimum atomic E-state index is -1.12. The predicted molar refractivity (Wildman–Crippen MR) is 143 cm³/mol. The van der Waals surface area contributed by atoms with Crippen LogP contribution in [0.3, 0.4) is 0 Å². The zero-order chi connectivity index (χ0) is 25.9. The number of aliphatic hydroxyl groups is 2. The van der Waals surface area contributed by atoms with Crippen LogP contribution in [-0.2, 0) is 12.2 Å². The summed E-state index contributed by atoms with van der Waals surface area (Å²) in [4.78, 5) is 20.7. The van der Waals surface area contributed by atoms with E-state index in [9.17, 15) is 15.0 Å². The van der Waals surface area contributed by atoms with Crippen molar-refractivity contribution in [2.24, 2.45) is 0 Å². The summed E-state index contributed by atoms with van der Waals surface area (Å²) in [6.45, 7) is 4.07. The van der Waals surface area contributed by atoms with Crippen LogP contribution in [-0.4, -0.2) is 59.2 Å². The molecular formula is C27H30Cl2N4O3. The number of β-amino-alcohol motifs (C(OH)–C–C–N with tert-alkyl or cyclic N) is 1. The van der Waals surface area contributed by atoms with Crippen LogP contribution in [0.2, 0.25) is 10.0 Å². The van der Waals surface area contributed by atoms with E-state index in [0.29, 0.717) is 53.0 Å². The van der Waals surface area contributed by atoms with Crippen molar-refractivity contribution in [2.45, 2.75) is 25.2 Å². The second-order valence-electron chi connectivity index (χ2n) is 9.21. The quantitative estimate of drug-likeness (QED) is 0.429. The van der Waals surface area contributed by atoms with E-state index in [0.717, 1.165) is 11.3 Å². The molecule has 3 N–H and O–H groups in total. The Morgan fingerprint density at radius 1 is 1.14 bits per heavy atom. The highest BCUT2D eigenvalue weighted by Crippen LogP contribution is 2.37. The summed E-state index contributed by atoms with van der Waals surface area (Å²) < 4.78 is 0. The Morgan fingerprint density at radius 3 is 2.50 bits per heavy atom. The molecule has 1 aliphatic heterocycles. The van der Waals surface area contributed by atoms with Crippen molar-refractivity contribution >= 4 is 34.8 Å². The highest BCUT2D eigenvalue weighted by Gasteiger charge is 2.34. The minimum Gasteiger partial charge on any atom is -0.390 e. The van der Waals surface area contributed by atoms with Gasteiger partial charge in [0, 0.05) is 55.6 Å². The van der Waals surface area contributed by atoms with E-state index in [1.807, 2.05) is 30.3 Å². The molecule has 0 unspecified atom stereocenters. The average molecular weight is 529 g/mol. The van der Waals surface area contributed by atoms with E-state index in [4.69, 9.17) is 23.2 Å². The van der Waals surface area contributed by atoms with E-state index < -0.39 is 5.60 Å². The third-order valence-corrected chi connectivity index (χ3v) is 7.16. The molecule has 7 nitrogen and oxygen atoms in total. The average Bonchev–Trinajstić information content (AvgIpc) is 2.88. The zero-order valence-corrected chi connectivity index (χ0v) is 21.8. The molecule has 0 saturated carbocycles. The van der Waals surface area contributed by atoms with Crippen molar-refractivity contribution in [3.8, 4) is 0 Å². The van der Waals surface area contributed by atoms with Gasteiger partial charge in [0.2, 0.25) is 0 Å². The molecule has 0 radical (unpaired) electrons. The first-order valence-corrected chi connectivity index (χ1v) is 12.5. The first-order valence-electron chi connectivity index (χ1n) is 11.8. The second kappa shape index (κ2) is 11.2. The molecule has 3 aromatic rings. The van der Waals surface area contributed by atoms with Gasteiger partial charge in [-0.1, -0.05) is 41.4 Å². The standard InChI is InChI=1S/C27H30Cl2N4O3/c1-27(36,20-6-9-22(16-34)31-14-20)17-32-11-12-33(25(15-32)18-3-7-21(28)8-4-18)24-10-5-19(13-23(24)29)26(35)30-2/h3-10,13-14,25,34,36H,11-12,15-17H2,1-2H3,(H,30,35)/t25-,27+/m0/s1. The van der Waals surface area contributed by atoms with Gasteiger partial charge in [0.05, 0.1) is 29.1 Å². The van der Waals surface area contributed by atoms with Crippen LogP contribution in [0.1, 0.15) is 40.1 Å². The molecule has 2 atom stereocenters. The molecule has 0 aliphatic carbocycles. The number of aliphatic hydroxyl groups excluding tert-OH is 1. The number of hydrogen-bond donors (Lipinski definition) is 3. The van der Waals surface area contributed by atoms with Crippen molar-refractivity contribution < 1.29 is 15.0 Å². The monoisotopic (exact) mass is 528 g/mol. The van der Waals surface area contributed by atoms with Crippen LogP contribution in [0.5, 0.6) is 0 Å². The van der Waals surface area contributed by atoms with E-state index >= 15 is 0 Å². The summed E-state index contributed by atoms with van der Waals surface area (Å²) >= 11 is 12.8. The SMILES string of the molecule is CNC(=O)c1ccc(N2CCN(C[C@@](C)(O)c3ccc(CO)nc3)C[C@H]2c2ccc(Cl)cc2)c(Cl)c1. The number of carbonyl (C=O) groups is 1. The molecule has 0 spiro atoms. The van der Waals surface area contributed by atoms with Gasteiger partial charge in [-0.15, -0.1) is 0 Å². The lowest BCUT2D eigenvalue weighted by molar-refractivity contribution is 0.00997. The fourth-order valence-electron chi connectivity index (χ4n) is 4.63. The number of rotatable bonds is 7. The smallest absolute Gasteiger partial charge is 0.251 e. The number of pyridine rings is 1. The van der Waals surface area contributed by atoms with Crippen molar-refractivity contribution in [3.05, 3.63) is 93.2 Å². The molecule has 2 aromatic carbocycles. The van der Waals surface area contributed by atoms with Crippen LogP contribution < -0.4 is 10.2 Å². The number of nitrogens with zero attached hydrogens (tertiary/aromatic N) is 3. The number of aromatic nitrogens is 1. The Hall–Kier alpha value is -2.68. The third-order valence-electron chi connectivity index (χ3n) is 6.61. The van der Waals surface area contributed by atoms with Gasteiger partial charge in [-0.25, -0.2) is 0 Å². The van der Waals surface area contributed by atoms with Gasteiger partial charge in [-0.3, -0.25) is 14.7 Å². The molecule has 9 heteroatoms. The first-order chi connectivity index (χ1) is 17.2. The van der Waals surface area contributed by atoms with Crippen LogP contribution in [0, 0.1) is 0 Å². The van der Waals surface area contributed by atoms with Gasteiger partial charge in [0.25, 0.3) is 5.91 Å². The number of anilines is 1. The minimum absolute atomic E-state index is 0.0509. The molecule has 190 valence electrons. The molecule has 36 heavy (non-hydrogen) atoms. The van der Waals surface area contributed by atoms with Crippen LogP contribution in [0.25, 0.3) is 0 Å².